The third kappa shape index (κ3) is 2.82. The van der Waals surface area contributed by atoms with E-state index in [9.17, 15) is 0 Å². The standard InChI is InChI=1S/C22H24ClN3O/c1-2-25-13-11-22(12-14-25)26-20(18-5-3-4-6-21(18)27-22)15-19(24-26)16-7-9-17(23)10-8-16/h3-10,20H,2,11-15H2,1H3/p+1/t20-/m0/s1. The zero-order chi connectivity index (χ0) is 18.4. The van der Waals surface area contributed by atoms with Gasteiger partial charge in [-0.15, -0.1) is 0 Å². The van der Waals surface area contributed by atoms with Gasteiger partial charge in [0.05, 0.1) is 44.2 Å². The highest BCUT2D eigenvalue weighted by molar-refractivity contribution is 6.30. The summed E-state index contributed by atoms with van der Waals surface area (Å²) in [6, 6.07) is 16.8. The Balaban J connectivity index is 1.54. The predicted molar refractivity (Wildman–Crippen MR) is 107 cm³/mol. The number of para-hydroxylation sites is 1. The van der Waals surface area contributed by atoms with E-state index in [0.29, 0.717) is 0 Å². The normalized spacial score (nSPS) is 29.1. The lowest BCUT2D eigenvalue weighted by atomic mass is 9.91. The molecule has 3 heterocycles. The molecule has 1 saturated heterocycles. The van der Waals surface area contributed by atoms with E-state index in [4.69, 9.17) is 21.4 Å². The number of hydrogen-bond acceptors (Lipinski definition) is 3. The van der Waals surface area contributed by atoms with Gasteiger partial charge in [-0.2, -0.15) is 5.10 Å². The van der Waals surface area contributed by atoms with Gasteiger partial charge in [0.15, 0.2) is 0 Å². The number of rotatable bonds is 2. The molecular weight excluding hydrogens is 358 g/mol. The third-order valence-corrected chi connectivity index (χ3v) is 6.57. The summed E-state index contributed by atoms with van der Waals surface area (Å²) >= 11 is 6.08. The summed E-state index contributed by atoms with van der Waals surface area (Å²) in [4.78, 5) is 1.65. The number of hydrogen-bond donors (Lipinski definition) is 1. The lowest BCUT2D eigenvalue weighted by molar-refractivity contribution is -0.906. The van der Waals surface area contributed by atoms with Crippen LogP contribution in [0.25, 0.3) is 0 Å². The fraction of sp³-hybridized carbons (Fsp3) is 0.409. The first-order valence-electron chi connectivity index (χ1n) is 9.93. The van der Waals surface area contributed by atoms with Crippen molar-refractivity contribution in [2.45, 2.75) is 38.0 Å². The molecule has 0 saturated carbocycles. The average Bonchev–Trinajstić information content (AvgIpc) is 3.16. The average molecular weight is 383 g/mol. The highest BCUT2D eigenvalue weighted by Gasteiger charge is 2.52. The molecule has 5 rings (SSSR count). The molecule has 5 heteroatoms. The van der Waals surface area contributed by atoms with Crippen LogP contribution in [0.1, 0.15) is 43.4 Å². The summed E-state index contributed by atoms with van der Waals surface area (Å²) in [5.74, 6) is 1.03. The van der Waals surface area contributed by atoms with Crippen LogP contribution in [0.3, 0.4) is 0 Å². The molecule has 140 valence electrons. The summed E-state index contributed by atoms with van der Waals surface area (Å²) < 4.78 is 6.65. The highest BCUT2D eigenvalue weighted by atomic mass is 35.5. The van der Waals surface area contributed by atoms with Gasteiger partial charge in [-0.05, 0) is 30.7 Å². The number of benzene rings is 2. The summed E-state index contributed by atoms with van der Waals surface area (Å²) in [5.41, 5.74) is 3.21. The Labute approximate surface area is 165 Å². The van der Waals surface area contributed by atoms with Crippen LogP contribution in [0.2, 0.25) is 5.02 Å². The summed E-state index contributed by atoms with van der Waals surface area (Å²) in [5, 5.41) is 8.15. The molecular formula is C22H25ClN3O+. The van der Waals surface area contributed by atoms with E-state index < -0.39 is 0 Å². The Morgan fingerprint density at radius 2 is 1.89 bits per heavy atom. The quantitative estimate of drug-likeness (QED) is 0.863. The van der Waals surface area contributed by atoms with Crippen molar-refractivity contribution in [3.05, 3.63) is 64.7 Å². The summed E-state index contributed by atoms with van der Waals surface area (Å²) in [6.07, 6.45) is 2.94. The second-order valence-corrected chi connectivity index (χ2v) is 8.24. The number of hydrazone groups is 1. The van der Waals surface area contributed by atoms with Crippen molar-refractivity contribution >= 4 is 17.3 Å². The van der Waals surface area contributed by atoms with Crippen LogP contribution in [0.4, 0.5) is 0 Å². The van der Waals surface area contributed by atoms with Gasteiger partial charge >= 0.3 is 0 Å². The number of ether oxygens (including phenoxy) is 1. The Morgan fingerprint density at radius 3 is 2.63 bits per heavy atom. The van der Waals surface area contributed by atoms with E-state index in [1.807, 2.05) is 12.1 Å². The number of halogens is 1. The van der Waals surface area contributed by atoms with Crippen molar-refractivity contribution in [3.8, 4) is 5.75 Å². The Kier molecular flexibility index (Phi) is 4.14. The highest BCUT2D eigenvalue weighted by Crippen LogP contribution is 2.49. The van der Waals surface area contributed by atoms with Gasteiger partial charge in [0, 0.05) is 17.0 Å². The van der Waals surface area contributed by atoms with Gasteiger partial charge in [-0.3, -0.25) is 0 Å². The monoisotopic (exact) mass is 382 g/mol. The largest absolute Gasteiger partial charge is 0.466 e. The SMILES string of the molecule is CC[NH+]1CCC2(CC1)Oc1ccccc1[C@@H]1CC(c3ccc(Cl)cc3)=NN12. The first kappa shape index (κ1) is 17.1. The molecule has 0 aromatic heterocycles. The second kappa shape index (κ2) is 6.54. The minimum atomic E-state index is -0.314. The molecule has 0 radical (unpaired) electrons. The van der Waals surface area contributed by atoms with E-state index >= 15 is 0 Å². The van der Waals surface area contributed by atoms with E-state index in [0.717, 1.165) is 54.4 Å². The van der Waals surface area contributed by atoms with Crippen LogP contribution in [0, 0.1) is 0 Å². The fourth-order valence-electron chi connectivity index (χ4n) is 4.72. The van der Waals surface area contributed by atoms with Crippen molar-refractivity contribution in [3.63, 3.8) is 0 Å². The Bertz CT molecular complexity index is 871. The minimum absolute atomic E-state index is 0.254. The molecule has 2 aromatic carbocycles. The molecule has 1 fully saturated rings. The zero-order valence-electron chi connectivity index (χ0n) is 15.6. The van der Waals surface area contributed by atoms with Crippen molar-refractivity contribution in [1.29, 1.82) is 0 Å². The van der Waals surface area contributed by atoms with Crippen LogP contribution in [0.5, 0.6) is 5.75 Å². The number of likely N-dealkylation sites (tertiary alicyclic amines) is 1. The van der Waals surface area contributed by atoms with Gasteiger partial charge in [0.25, 0.3) is 0 Å². The molecule has 0 bridgehead atoms. The zero-order valence-corrected chi connectivity index (χ0v) is 16.4. The van der Waals surface area contributed by atoms with Gasteiger partial charge in [0.2, 0.25) is 5.72 Å². The Hall–Kier alpha value is -2.04. The lowest BCUT2D eigenvalue weighted by Crippen LogP contribution is -3.13. The third-order valence-electron chi connectivity index (χ3n) is 6.32. The minimum Gasteiger partial charge on any atom is -0.466 e. The van der Waals surface area contributed by atoms with Crippen LogP contribution >= 0.6 is 11.6 Å². The van der Waals surface area contributed by atoms with Crippen LogP contribution < -0.4 is 9.64 Å². The maximum atomic E-state index is 6.65. The van der Waals surface area contributed by atoms with Gasteiger partial charge in [-0.25, -0.2) is 5.01 Å². The van der Waals surface area contributed by atoms with Crippen LogP contribution in [0.15, 0.2) is 53.6 Å². The molecule has 0 unspecified atom stereocenters. The van der Waals surface area contributed by atoms with Gasteiger partial charge in [-0.1, -0.05) is 41.9 Å². The van der Waals surface area contributed by atoms with E-state index in [1.165, 1.54) is 12.1 Å². The molecule has 3 aliphatic rings. The number of nitrogens with zero attached hydrogens (tertiary/aromatic N) is 2. The number of quaternary nitrogens is 1. The Morgan fingerprint density at radius 1 is 1.15 bits per heavy atom. The molecule has 0 aliphatic carbocycles. The summed E-state index contributed by atoms with van der Waals surface area (Å²) in [7, 11) is 0. The fourth-order valence-corrected chi connectivity index (χ4v) is 4.85. The van der Waals surface area contributed by atoms with E-state index in [2.05, 4.69) is 48.3 Å². The van der Waals surface area contributed by atoms with Crippen LogP contribution in [-0.2, 0) is 0 Å². The van der Waals surface area contributed by atoms with Gasteiger partial charge in [0.1, 0.15) is 5.75 Å². The number of nitrogens with one attached hydrogen (secondary N) is 1. The summed E-state index contributed by atoms with van der Waals surface area (Å²) in [6.45, 7) is 5.70. The molecule has 1 N–H and O–H groups in total. The molecule has 0 amide bonds. The second-order valence-electron chi connectivity index (χ2n) is 7.81. The van der Waals surface area contributed by atoms with Crippen molar-refractivity contribution in [2.75, 3.05) is 19.6 Å². The maximum absolute atomic E-state index is 6.65. The lowest BCUT2D eigenvalue weighted by Gasteiger charge is -2.50. The maximum Gasteiger partial charge on any atom is 0.208 e. The smallest absolute Gasteiger partial charge is 0.208 e. The molecule has 27 heavy (non-hydrogen) atoms. The van der Waals surface area contributed by atoms with E-state index in [1.54, 1.807) is 4.90 Å². The number of piperidine rings is 1. The van der Waals surface area contributed by atoms with Crippen molar-refractivity contribution in [1.82, 2.24) is 5.01 Å². The topological polar surface area (TPSA) is 29.3 Å². The number of fused-ring (bicyclic) bond motifs is 4. The van der Waals surface area contributed by atoms with Crippen molar-refractivity contribution in [2.24, 2.45) is 5.10 Å². The first-order valence-corrected chi connectivity index (χ1v) is 10.3. The van der Waals surface area contributed by atoms with Gasteiger partial charge < -0.3 is 9.64 Å². The van der Waals surface area contributed by atoms with E-state index in [-0.39, 0.29) is 11.8 Å². The molecule has 2 aromatic rings. The predicted octanol–water partition coefficient (Wildman–Crippen LogP) is 3.28. The van der Waals surface area contributed by atoms with Crippen molar-refractivity contribution < 1.29 is 9.64 Å². The molecule has 3 aliphatic heterocycles. The molecule has 4 nitrogen and oxygen atoms in total. The molecule has 1 spiro atoms. The first-order chi connectivity index (χ1) is 13.2. The molecule has 1 atom stereocenters. The van der Waals surface area contributed by atoms with Crippen LogP contribution in [-0.4, -0.2) is 36.1 Å².